The summed E-state index contributed by atoms with van der Waals surface area (Å²) in [4.78, 5) is 14.3. The van der Waals surface area contributed by atoms with E-state index in [0.29, 0.717) is 25.7 Å². The average molecular weight is 630 g/mol. The Morgan fingerprint density at radius 2 is 1.77 bits per heavy atom. The molecule has 1 spiro atoms. The van der Waals surface area contributed by atoms with Crippen LogP contribution in [0.5, 0.6) is 0 Å². The largest absolute Gasteiger partial charge is 0.547 e. The fourth-order valence-corrected chi connectivity index (χ4v) is 8.02. The maximum Gasteiger partial charge on any atom is 0.266 e. The summed E-state index contributed by atoms with van der Waals surface area (Å²) in [5.74, 6) is 0.540. The van der Waals surface area contributed by atoms with Gasteiger partial charge in [-0.1, -0.05) is 44.5 Å². The second kappa shape index (κ2) is 9.97. The van der Waals surface area contributed by atoms with Crippen LogP contribution in [0, 0.1) is 18.3 Å². The SMILES string of the molecule is CC1=C(O[Si](C)(C)C(C)(C)C)CC[C@@]2(CCCN(S(=O)(=O)c3ccc(C)cc3)C2=O)[C@H]1/C=C(\C)I. The van der Waals surface area contributed by atoms with Crippen molar-refractivity contribution in [1.29, 1.82) is 0 Å². The van der Waals surface area contributed by atoms with E-state index in [2.05, 4.69) is 69.5 Å². The Kier molecular flexibility index (Phi) is 8.10. The van der Waals surface area contributed by atoms with Crippen LogP contribution in [-0.4, -0.2) is 33.5 Å². The fourth-order valence-electron chi connectivity index (χ4n) is 4.97. The van der Waals surface area contributed by atoms with Crippen LogP contribution in [0.15, 0.2) is 50.1 Å². The molecule has 2 atom stereocenters. The number of hydrogen-bond donors (Lipinski definition) is 0. The van der Waals surface area contributed by atoms with Crippen LogP contribution < -0.4 is 0 Å². The summed E-state index contributed by atoms with van der Waals surface area (Å²) >= 11 is 2.29. The lowest BCUT2D eigenvalue weighted by molar-refractivity contribution is -0.143. The van der Waals surface area contributed by atoms with E-state index in [1.54, 1.807) is 24.3 Å². The van der Waals surface area contributed by atoms with Crippen molar-refractivity contribution in [2.45, 2.75) is 90.3 Å². The third kappa shape index (κ3) is 5.44. The van der Waals surface area contributed by atoms with Crippen molar-refractivity contribution in [3.63, 3.8) is 0 Å². The van der Waals surface area contributed by atoms with Gasteiger partial charge in [-0.3, -0.25) is 4.79 Å². The number of carbonyl (C=O) groups is 1. The predicted molar refractivity (Wildman–Crippen MR) is 153 cm³/mol. The smallest absolute Gasteiger partial charge is 0.266 e. The van der Waals surface area contributed by atoms with Crippen LogP contribution in [0.25, 0.3) is 0 Å². The van der Waals surface area contributed by atoms with Gasteiger partial charge in [-0.15, -0.1) is 0 Å². The lowest BCUT2D eigenvalue weighted by Gasteiger charge is -2.49. The molecular formula is C27H40INO4SSi. The summed E-state index contributed by atoms with van der Waals surface area (Å²) < 4.78 is 36.1. The Morgan fingerprint density at radius 3 is 2.31 bits per heavy atom. The molecule has 1 aliphatic carbocycles. The maximum atomic E-state index is 14.1. The molecule has 1 aliphatic heterocycles. The average Bonchev–Trinajstić information content (AvgIpc) is 2.74. The summed E-state index contributed by atoms with van der Waals surface area (Å²) in [5.41, 5.74) is 1.28. The molecule has 194 valence electrons. The molecule has 8 heteroatoms. The third-order valence-electron chi connectivity index (χ3n) is 8.13. The topological polar surface area (TPSA) is 63.7 Å². The summed E-state index contributed by atoms with van der Waals surface area (Å²) in [6.45, 7) is 17.4. The van der Waals surface area contributed by atoms with Crippen LogP contribution in [0.2, 0.25) is 18.1 Å². The number of amides is 1. The molecule has 2 aliphatic rings. The Bertz CT molecular complexity index is 1140. The van der Waals surface area contributed by atoms with Crippen molar-refractivity contribution in [1.82, 2.24) is 4.31 Å². The third-order valence-corrected chi connectivity index (χ3v) is 14.7. The molecule has 1 heterocycles. The zero-order valence-electron chi connectivity index (χ0n) is 22.4. The van der Waals surface area contributed by atoms with Gasteiger partial charge in [0.25, 0.3) is 10.0 Å². The van der Waals surface area contributed by atoms with Crippen molar-refractivity contribution >= 4 is 46.8 Å². The first kappa shape index (κ1) is 28.4. The first-order chi connectivity index (χ1) is 16.0. The molecular weight excluding hydrogens is 589 g/mol. The van der Waals surface area contributed by atoms with Crippen LogP contribution in [0.3, 0.4) is 0 Å². The minimum absolute atomic E-state index is 0.0690. The molecule has 0 radical (unpaired) electrons. The maximum absolute atomic E-state index is 14.1. The second-order valence-electron chi connectivity index (χ2n) is 11.7. The van der Waals surface area contributed by atoms with E-state index in [4.69, 9.17) is 4.43 Å². The van der Waals surface area contributed by atoms with E-state index in [1.807, 2.05) is 13.8 Å². The normalized spacial score (nSPS) is 24.8. The zero-order chi connectivity index (χ0) is 26.4. The van der Waals surface area contributed by atoms with Crippen LogP contribution in [-0.2, 0) is 19.2 Å². The monoisotopic (exact) mass is 629 g/mol. The number of benzene rings is 1. The Hall–Kier alpha value is -1.13. The quantitative estimate of drug-likeness (QED) is 0.253. The van der Waals surface area contributed by atoms with Crippen LogP contribution in [0.1, 0.15) is 65.9 Å². The Morgan fingerprint density at radius 1 is 1.17 bits per heavy atom. The van der Waals surface area contributed by atoms with Crippen molar-refractivity contribution in [2.24, 2.45) is 11.3 Å². The van der Waals surface area contributed by atoms with Gasteiger partial charge in [0.1, 0.15) is 0 Å². The molecule has 0 bridgehead atoms. The Balaban J connectivity index is 2.06. The summed E-state index contributed by atoms with van der Waals surface area (Å²) in [5, 5.41) is 0.0690. The van der Waals surface area contributed by atoms with Gasteiger partial charge >= 0.3 is 0 Å². The number of carbonyl (C=O) groups excluding carboxylic acids is 1. The van der Waals surface area contributed by atoms with Gasteiger partial charge in [-0.2, -0.15) is 0 Å². The molecule has 3 rings (SSSR count). The number of allylic oxidation sites excluding steroid dienone is 4. The van der Waals surface area contributed by atoms with Gasteiger partial charge in [-0.25, -0.2) is 12.7 Å². The Labute approximate surface area is 226 Å². The van der Waals surface area contributed by atoms with E-state index in [-0.39, 0.29) is 28.3 Å². The molecule has 1 aromatic carbocycles. The number of nitrogens with zero attached hydrogens (tertiary/aromatic N) is 1. The number of aryl methyl sites for hydroxylation is 1. The van der Waals surface area contributed by atoms with Crippen LogP contribution in [0.4, 0.5) is 0 Å². The van der Waals surface area contributed by atoms with E-state index < -0.39 is 23.8 Å². The standard InChI is InChI=1S/C27H40INO4SSi/c1-19-10-12-22(13-11-19)34(31,32)29-17-9-15-27(25(29)30)16-14-24(21(3)23(27)18-20(2)28)33-35(7,8)26(4,5)6/h10-13,18,23H,9,14-17H2,1-8H3/b20-18+/t23-,27-/m0/s1. The number of hydrogen-bond acceptors (Lipinski definition) is 4. The van der Waals surface area contributed by atoms with E-state index >= 15 is 0 Å². The van der Waals surface area contributed by atoms with Crippen molar-refractivity contribution in [3.05, 3.63) is 50.8 Å². The van der Waals surface area contributed by atoms with Gasteiger partial charge in [-0.05, 0) is 102 Å². The lowest BCUT2D eigenvalue weighted by atomic mass is 9.61. The second-order valence-corrected chi connectivity index (χ2v) is 19.9. The molecule has 0 saturated carbocycles. The predicted octanol–water partition coefficient (Wildman–Crippen LogP) is 7.34. The van der Waals surface area contributed by atoms with Gasteiger partial charge < -0.3 is 4.43 Å². The van der Waals surface area contributed by atoms with Gasteiger partial charge in [0.15, 0.2) is 0 Å². The number of piperidine rings is 1. The van der Waals surface area contributed by atoms with Gasteiger partial charge in [0.05, 0.1) is 16.1 Å². The molecule has 1 aromatic rings. The molecule has 1 amide bonds. The highest BCUT2D eigenvalue weighted by Crippen LogP contribution is 2.53. The van der Waals surface area contributed by atoms with Crippen molar-refractivity contribution in [3.8, 4) is 0 Å². The molecule has 0 N–H and O–H groups in total. The van der Waals surface area contributed by atoms with Gasteiger partial charge in [0, 0.05) is 18.9 Å². The van der Waals surface area contributed by atoms with Crippen molar-refractivity contribution in [2.75, 3.05) is 6.54 Å². The molecule has 35 heavy (non-hydrogen) atoms. The molecule has 1 fully saturated rings. The molecule has 1 saturated heterocycles. The first-order valence-electron chi connectivity index (χ1n) is 12.4. The summed E-state index contributed by atoms with van der Waals surface area (Å²) in [7, 11) is -5.96. The number of rotatable bonds is 5. The molecule has 0 aromatic heterocycles. The number of sulfonamides is 1. The highest BCUT2D eigenvalue weighted by Gasteiger charge is 2.54. The highest BCUT2D eigenvalue weighted by atomic mass is 127. The van der Waals surface area contributed by atoms with E-state index in [1.165, 1.54) is 0 Å². The van der Waals surface area contributed by atoms with E-state index in [0.717, 1.165) is 24.8 Å². The lowest BCUT2D eigenvalue weighted by Crippen LogP contribution is -2.55. The fraction of sp³-hybridized carbons (Fsp3) is 0.593. The molecule has 0 unspecified atom stereocenters. The first-order valence-corrected chi connectivity index (χ1v) is 17.8. The van der Waals surface area contributed by atoms with Crippen molar-refractivity contribution < 1.29 is 17.6 Å². The van der Waals surface area contributed by atoms with Crippen LogP contribution >= 0.6 is 22.6 Å². The van der Waals surface area contributed by atoms with E-state index in [9.17, 15) is 13.2 Å². The number of halogens is 1. The summed E-state index contributed by atoms with van der Waals surface area (Å²) in [6.07, 6.45) is 4.74. The zero-order valence-corrected chi connectivity index (χ0v) is 26.3. The highest BCUT2D eigenvalue weighted by molar-refractivity contribution is 14.1. The minimum Gasteiger partial charge on any atom is -0.547 e. The molecule has 5 nitrogen and oxygen atoms in total. The minimum atomic E-state index is -3.91. The summed E-state index contributed by atoms with van der Waals surface area (Å²) in [6, 6.07) is 6.76. The van der Waals surface area contributed by atoms with Gasteiger partial charge in [0.2, 0.25) is 14.2 Å².